The van der Waals surface area contributed by atoms with Crippen LogP contribution in [0.25, 0.3) is 0 Å². The van der Waals surface area contributed by atoms with Crippen LogP contribution in [0.2, 0.25) is 0 Å². The molecule has 0 saturated carbocycles. The monoisotopic (exact) mass is 141 g/mol. The lowest BCUT2D eigenvalue weighted by Crippen LogP contribution is -1.79. The zero-order valence-electron chi connectivity index (χ0n) is 6.10. The fraction of sp³-hybridized carbons (Fsp3) is 0.250. The number of halogens is 1. The van der Waals surface area contributed by atoms with E-state index >= 15 is 0 Å². The molecule has 0 fully saturated rings. The van der Waals surface area contributed by atoms with Gasteiger partial charge in [0, 0.05) is 6.20 Å². The van der Waals surface area contributed by atoms with Gasteiger partial charge in [-0.2, -0.15) is 0 Å². The quantitative estimate of drug-likeness (QED) is 0.599. The van der Waals surface area contributed by atoms with Gasteiger partial charge in [-0.3, -0.25) is 0 Å². The van der Waals surface area contributed by atoms with Crippen molar-refractivity contribution < 1.29 is 4.39 Å². The third-order valence-electron chi connectivity index (χ3n) is 1.09. The van der Waals surface area contributed by atoms with Crippen molar-refractivity contribution in [1.29, 1.82) is 0 Å². The summed E-state index contributed by atoms with van der Waals surface area (Å²) < 4.78 is 12.2. The topological polar surface area (TPSA) is 26.0 Å². The summed E-state index contributed by atoms with van der Waals surface area (Å²) in [6.07, 6.45) is 4.65. The van der Waals surface area contributed by atoms with Crippen LogP contribution in [0.3, 0.4) is 0 Å². The molecule has 2 N–H and O–H groups in total. The van der Waals surface area contributed by atoms with E-state index in [0.717, 1.165) is 18.2 Å². The second-order valence-electron chi connectivity index (χ2n) is 1.90. The number of allylic oxidation sites excluding steroid dienone is 4. The molecule has 0 unspecified atom stereocenters. The fourth-order valence-corrected chi connectivity index (χ4v) is 0.371. The maximum atomic E-state index is 12.2. The van der Waals surface area contributed by atoms with Gasteiger partial charge in [-0.15, -0.1) is 0 Å². The van der Waals surface area contributed by atoms with Crippen molar-refractivity contribution in [3.63, 3.8) is 0 Å². The molecule has 56 valence electrons. The Hall–Kier alpha value is -1.05. The lowest BCUT2D eigenvalue weighted by Gasteiger charge is -1.89. The number of hydrogen-bond donors (Lipinski definition) is 1. The zero-order valence-corrected chi connectivity index (χ0v) is 6.10. The second-order valence-corrected chi connectivity index (χ2v) is 1.90. The Labute approximate surface area is 60.7 Å². The molecule has 0 aliphatic heterocycles. The van der Waals surface area contributed by atoms with Gasteiger partial charge in [0.15, 0.2) is 0 Å². The summed E-state index contributed by atoms with van der Waals surface area (Å²) in [7, 11) is 0. The molecule has 0 aliphatic carbocycles. The van der Waals surface area contributed by atoms with Gasteiger partial charge in [-0.25, -0.2) is 4.39 Å². The molecular formula is C8H12FN. The van der Waals surface area contributed by atoms with Crippen LogP contribution in [0.1, 0.15) is 13.3 Å². The smallest absolute Gasteiger partial charge is 0.138 e. The van der Waals surface area contributed by atoms with Gasteiger partial charge in [0.25, 0.3) is 0 Å². The lowest BCUT2D eigenvalue weighted by atomic mass is 10.2. The summed E-state index contributed by atoms with van der Waals surface area (Å²) in [6.45, 7) is 5.61. The van der Waals surface area contributed by atoms with E-state index < -0.39 is 5.83 Å². The number of hydrogen-bond acceptors (Lipinski definition) is 1. The predicted molar refractivity (Wildman–Crippen MR) is 41.9 cm³/mol. The largest absolute Gasteiger partial charge is 0.402 e. The molecule has 0 atom stereocenters. The Morgan fingerprint density at radius 3 is 2.60 bits per heavy atom. The first-order valence-corrected chi connectivity index (χ1v) is 3.14. The van der Waals surface area contributed by atoms with Crippen LogP contribution in [0, 0.1) is 0 Å². The molecule has 0 amide bonds. The molecule has 0 saturated heterocycles. The summed E-state index contributed by atoms with van der Waals surface area (Å²) in [5, 5.41) is 0. The minimum absolute atomic E-state index is 0.436. The molecule has 0 spiro atoms. The highest BCUT2D eigenvalue weighted by Gasteiger charge is 1.84. The molecular weight excluding hydrogens is 129 g/mol. The first-order chi connectivity index (χ1) is 4.70. The molecule has 0 bridgehead atoms. The Morgan fingerprint density at radius 1 is 1.60 bits per heavy atom. The normalized spacial score (nSPS) is 12.4. The Kier molecular flexibility index (Phi) is 4.29. The highest BCUT2D eigenvalue weighted by Crippen LogP contribution is 2.02. The van der Waals surface area contributed by atoms with E-state index in [0.29, 0.717) is 0 Å². The van der Waals surface area contributed by atoms with Crippen molar-refractivity contribution in [2.75, 3.05) is 0 Å². The van der Waals surface area contributed by atoms with E-state index in [-0.39, 0.29) is 0 Å². The molecule has 0 aromatic rings. The first-order valence-electron chi connectivity index (χ1n) is 3.14. The maximum Gasteiger partial charge on any atom is 0.138 e. The van der Waals surface area contributed by atoms with E-state index in [1.54, 1.807) is 6.08 Å². The van der Waals surface area contributed by atoms with Crippen LogP contribution in [0.15, 0.2) is 36.3 Å². The molecule has 0 radical (unpaired) electrons. The Morgan fingerprint density at radius 2 is 2.20 bits per heavy atom. The average molecular weight is 141 g/mol. The van der Waals surface area contributed by atoms with Gasteiger partial charge in [0.1, 0.15) is 5.83 Å². The first kappa shape index (κ1) is 8.95. The van der Waals surface area contributed by atoms with E-state index in [1.165, 1.54) is 6.08 Å². The van der Waals surface area contributed by atoms with Crippen LogP contribution in [-0.4, -0.2) is 0 Å². The molecule has 0 rings (SSSR count). The molecule has 0 aromatic carbocycles. The van der Waals surface area contributed by atoms with Crippen LogP contribution in [0.4, 0.5) is 4.39 Å². The molecule has 0 aliphatic rings. The third kappa shape index (κ3) is 3.89. The van der Waals surface area contributed by atoms with Gasteiger partial charge in [0.2, 0.25) is 0 Å². The van der Waals surface area contributed by atoms with Gasteiger partial charge >= 0.3 is 0 Å². The van der Waals surface area contributed by atoms with Gasteiger partial charge < -0.3 is 5.73 Å². The van der Waals surface area contributed by atoms with E-state index in [2.05, 4.69) is 6.58 Å². The van der Waals surface area contributed by atoms with Gasteiger partial charge in [0.05, 0.1) is 0 Å². The Balaban J connectivity index is 3.88. The molecule has 0 heterocycles. The van der Waals surface area contributed by atoms with Crippen molar-refractivity contribution in [1.82, 2.24) is 0 Å². The second kappa shape index (κ2) is 4.79. The van der Waals surface area contributed by atoms with Gasteiger partial charge in [-0.05, 0) is 12.5 Å². The van der Waals surface area contributed by atoms with Crippen molar-refractivity contribution in [2.24, 2.45) is 5.73 Å². The van der Waals surface area contributed by atoms with Gasteiger partial charge in [-0.1, -0.05) is 25.2 Å². The van der Waals surface area contributed by atoms with Crippen LogP contribution in [-0.2, 0) is 0 Å². The van der Waals surface area contributed by atoms with Crippen molar-refractivity contribution in [3.8, 4) is 0 Å². The summed E-state index contributed by atoms with van der Waals surface area (Å²) in [6, 6.07) is 0. The van der Waals surface area contributed by atoms with Crippen molar-refractivity contribution in [3.05, 3.63) is 36.3 Å². The van der Waals surface area contributed by atoms with Crippen molar-refractivity contribution in [2.45, 2.75) is 13.3 Å². The maximum absolute atomic E-state index is 12.2. The number of rotatable bonds is 3. The highest BCUT2D eigenvalue weighted by atomic mass is 19.1. The summed E-state index contributed by atoms with van der Waals surface area (Å²) in [5.74, 6) is -0.436. The minimum atomic E-state index is -0.436. The fourth-order valence-electron chi connectivity index (χ4n) is 0.371. The highest BCUT2D eigenvalue weighted by molar-refractivity contribution is 5.21. The predicted octanol–water partition coefficient (Wildman–Crippen LogP) is 2.28. The average Bonchev–Trinajstić information content (AvgIpc) is 1.99. The standard InChI is InChI=1S/C8H12FN/c1-3-7(2)4-5-8(9)6-10/h4-6H,2-3,10H2,1H3/b5-4-,8-6+. The van der Waals surface area contributed by atoms with E-state index in [1.807, 2.05) is 6.92 Å². The summed E-state index contributed by atoms with van der Waals surface area (Å²) in [5.41, 5.74) is 5.77. The SMILES string of the molecule is C=C(/C=C\C(F)=C/N)CC. The summed E-state index contributed by atoms with van der Waals surface area (Å²) >= 11 is 0. The van der Waals surface area contributed by atoms with E-state index in [9.17, 15) is 4.39 Å². The van der Waals surface area contributed by atoms with Crippen LogP contribution < -0.4 is 5.73 Å². The van der Waals surface area contributed by atoms with E-state index in [4.69, 9.17) is 5.73 Å². The van der Waals surface area contributed by atoms with Crippen LogP contribution >= 0.6 is 0 Å². The minimum Gasteiger partial charge on any atom is -0.402 e. The Bertz CT molecular complexity index is 168. The third-order valence-corrected chi connectivity index (χ3v) is 1.09. The molecule has 2 heteroatoms. The zero-order chi connectivity index (χ0) is 7.98. The molecule has 0 aromatic heterocycles. The molecule has 10 heavy (non-hydrogen) atoms. The number of nitrogens with two attached hydrogens (primary N) is 1. The van der Waals surface area contributed by atoms with Crippen LogP contribution in [0.5, 0.6) is 0 Å². The lowest BCUT2D eigenvalue weighted by molar-refractivity contribution is 0.663. The van der Waals surface area contributed by atoms with Crippen molar-refractivity contribution >= 4 is 0 Å². The molecule has 1 nitrogen and oxygen atoms in total. The summed E-state index contributed by atoms with van der Waals surface area (Å²) in [4.78, 5) is 0.